The number of nitrogens with zero attached hydrogens (tertiary/aromatic N) is 2. The third-order valence-electron chi connectivity index (χ3n) is 10.0. The number of benzene rings is 2. The number of fused-ring (bicyclic) bond motifs is 3. The third-order valence-corrected chi connectivity index (χ3v) is 10.0. The Labute approximate surface area is 303 Å². The summed E-state index contributed by atoms with van der Waals surface area (Å²) in [4.78, 5) is 59.0. The minimum absolute atomic E-state index is 0.152. The van der Waals surface area contributed by atoms with Crippen LogP contribution in [0.2, 0.25) is 0 Å². The van der Waals surface area contributed by atoms with Gasteiger partial charge in [-0.25, -0.2) is 20.0 Å². The highest BCUT2D eigenvalue weighted by molar-refractivity contribution is 5.95. The van der Waals surface area contributed by atoms with Gasteiger partial charge in [-0.3, -0.25) is 14.6 Å². The molecule has 2 aliphatic carbocycles. The van der Waals surface area contributed by atoms with Crippen molar-refractivity contribution in [3.63, 3.8) is 0 Å². The van der Waals surface area contributed by atoms with Gasteiger partial charge in [-0.15, -0.1) is 0 Å². The number of amides is 3. The first-order valence-electron chi connectivity index (χ1n) is 18.1. The van der Waals surface area contributed by atoms with Crippen molar-refractivity contribution in [1.29, 1.82) is 0 Å². The van der Waals surface area contributed by atoms with E-state index in [0.29, 0.717) is 29.1 Å². The van der Waals surface area contributed by atoms with E-state index >= 15 is 0 Å². The van der Waals surface area contributed by atoms with Crippen molar-refractivity contribution in [3.05, 3.63) is 66.7 Å². The standard InChI is InChI=1S/C40H48N4O8/c1-39(2,3)52-38(49)43-44-19-13-8-6-5-7-12-16-26-24-40(26,37(47)48)42-35(45)30-20-28(21-31(30)36(44)46)51-34-23-32(25-14-10-9-11-15-25)41-33-22-27(50-4)17-18-29(33)34/h9-12,14-18,22-23,26,28,30-31H,5-8,13,19-21,24H2,1-4H3,(H,42,45)(H,43,49)(H,47,48)/b16-12+/t26-,28-,30-,31?,40-/m1/s1. The topological polar surface area (TPSA) is 156 Å². The molecule has 2 aromatic carbocycles. The number of carbonyl (C=O) groups excluding carboxylic acids is 3. The largest absolute Gasteiger partial charge is 0.497 e. The highest BCUT2D eigenvalue weighted by Gasteiger charge is 2.61. The molecule has 12 heteroatoms. The average Bonchev–Trinajstić information content (AvgIpc) is 3.64. The van der Waals surface area contributed by atoms with Gasteiger partial charge in [0.15, 0.2) is 0 Å². The lowest BCUT2D eigenvalue weighted by Gasteiger charge is -2.30. The van der Waals surface area contributed by atoms with Gasteiger partial charge in [-0.2, -0.15) is 0 Å². The second-order valence-electron chi connectivity index (χ2n) is 15.0. The number of nitrogens with one attached hydrogen (secondary N) is 2. The number of carboxylic acids is 1. The zero-order valence-electron chi connectivity index (χ0n) is 30.2. The first kappa shape index (κ1) is 36.7. The number of aromatic nitrogens is 1. The summed E-state index contributed by atoms with van der Waals surface area (Å²) in [5, 5.41) is 15.1. The first-order valence-corrected chi connectivity index (χ1v) is 18.1. The molecule has 3 N–H and O–H groups in total. The summed E-state index contributed by atoms with van der Waals surface area (Å²) in [6.07, 6.45) is 7.14. The second kappa shape index (κ2) is 15.2. The quantitative estimate of drug-likeness (QED) is 0.245. The molecule has 0 bridgehead atoms. The van der Waals surface area contributed by atoms with Crippen LogP contribution in [0.15, 0.2) is 66.7 Å². The number of pyridine rings is 1. The summed E-state index contributed by atoms with van der Waals surface area (Å²) in [5.74, 6) is -3.09. The van der Waals surface area contributed by atoms with Gasteiger partial charge in [0.05, 0.1) is 30.2 Å². The van der Waals surface area contributed by atoms with Crippen LogP contribution in [0.1, 0.15) is 72.1 Å². The lowest BCUT2D eigenvalue weighted by Crippen LogP contribution is -2.53. The highest BCUT2D eigenvalue weighted by atomic mass is 16.6. The maximum atomic E-state index is 14.5. The van der Waals surface area contributed by atoms with E-state index in [9.17, 15) is 24.3 Å². The minimum atomic E-state index is -1.43. The molecule has 1 unspecified atom stereocenters. The number of hydrazine groups is 1. The molecule has 2 heterocycles. The molecule has 3 aromatic rings. The van der Waals surface area contributed by atoms with E-state index in [1.807, 2.05) is 66.7 Å². The number of carbonyl (C=O) groups is 4. The van der Waals surface area contributed by atoms with E-state index < -0.39 is 53.0 Å². The van der Waals surface area contributed by atoms with Gasteiger partial charge in [0.2, 0.25) is 11.8 Å². The molecule has 52 heavy (non-hydrogen) atoms. The summed E-state index contributed by atoms with van der Waals surface area (Å²) in [6, 6.07) is 17.0. The summed E-state index contributed by atoms with van der Waals surface area (Å²) in [7, 11) is 1.59. The number of methoxy groups -OCH3 is 1. The molecule has 2 saturated carbocycles. The van der Waals surface area contributed by atoms with E-state index in [1.54, 1.807) is 27.9 Å². The zero-order chi connectivity index (χ0) is 37.0. The van der Waals surface area contributed by atoms with Gasteiger partial charge in [0.1, 0.15) is 28.7 Å². The molecule has 2 fully saturated rings. The number of allylic oxidation sites excluding steroid dienone is 1. The fourth-order valence-electron chi connectivity index (χ4n) is 7.24. The molecule has 6 rings (SSSR count). The lowest BCUT2D eigenvalue weighted by molar-refractivity contribution is -0.146. The molecule has 0 saturated heterocycles. The van der Waals surface area contributed by atoms with Crippen LogP contribution in [-0.4, -0.2) is 69.9 Å². The highest BCUT2D eigenvalue weighted by Crippen LogP contribution is 2.47. The maximum Gasteiger partial charge on any atom is 0.426 e. The summed E-state index contributed by atoms with van der Waals surface area (Å²) < 4.78 is 17.7. The van der Waals surface area contributed by atoms with Crippen molar-refractivity contribution >= 4 is 34.8 Å². The zero-order valence-corrected chi connectivity index (χ0v) is 30.2. The van der Waals surface area contributed by atoms with Gasteiger partial charge in [-0.05, 0) is 71.4 Å². The van der Waals surface area contributed by atoms with E-state index in [2.05, 4.69) is 10.7 Å². The van der Waals surface area contributed by atoms with Crippen LogP contribution >= 0.6 is 0 Å². The molecule has 0 spiro atoms. The van der Waals surface area contributed by atoms with Crippen molar-refractivity contribution in [2.75, 3.05) is 13.7 Å². The predicted octanol–water partition coefficient (Wildman–Crippen LogP) is 6.43. The van der Waals surface area contributed by atoms with E-state index in [0.717, 1.165) is 36.6 Å². The maximum absolute atomic E-state index is 14.5. The van der Waals surface area contributed by atoms with Gasteiger partial charge in [-0.1, -0.05) is 55.3 Å². The number of hydrogen-bond acceptors (Lipinski definition) is 8. The van der Waals surface area contributed by atoms with Crippen LogP contribution in [0.25, 0.3) is 22.2 Å². The fraction of sp³-hybridized carbons (Fsp3) is 0.475. The number of hydrogen-bond donors (Lipinski definition) is 3. The van der Waals surface area contributed by atoms with Crippen LogP contribution < -0.4 is 20.2 Å². The Hall–Kier alpha value is -5.13. The van der Waals surface area contributed by atoms with Crippen LogP contribution in [0.4, 0.5) is 4.79 Å². The average molecular weight is 713 g/mol. The second-order valence-corrected chi connectivity index (χ2v) is 15.0. The molecule has 1 aliphatic heterocycles. The van der Waals surface area contributed by atoms with Crippen molar-refractivity contribution in [1.82, 2.24) is 20.7 Å². The Morgan fingerprint density at radius 2 is 1.75 bits per heavy atom. The molecule has 5 atom stereocenters. The van der Waals surface area contributed by atoms with E-state index in [-0.39, 0.29) is 31.7 Å². The van der Waals surface area contributed by atoms with E-state index in [1.165, 1.54) is 5.01 Å². The molecular formula is C40H48N4O8. The SMILES string of the molecule is COc1ccc2c(O[C@H]3CC4C(=O)N(NC(=O)OC(C)(C)C)CCCCCC/C=C/[C@@H]5C[C@@]5(C(=O)O)NC(=O)[C@@H]4C3)cc(-c3ccccc3)nc2c1. The molecule has 0 radical (unpaired) electrons. The number of ether oxygens (including phenoxy) is 3. The van der Waals surface area contributed by atoms with Crippen molar-refractivity contribution in [2.24, 2.45) is 17.8 Å². The van der Waals surface area contributed by atoms with E-state index in [4.69, 9.17) is 19.2 Å². The number of aliphatic carboxylic acids is 1. The van der Waals surface area contributed by atoms with Gasteiger partial charge in [0, 0.05) is 35.5 Å². The van der Waals surface area contributed by atoms with Gasteiger partial charge < -0.3 is 24.6 Å². The smallest absolute Gasteiger partial charge is 0.426 e. The summed E-state index contributed by atoms with van der Waals surface area (Å²) >= 11 is 0. The summed E-state index contributed by atoms with van der Waals surface area (Å²) in [6.45, 7) is 5.44. The monoisotopic (exact) mass is 712 g/mol. The Balaban J connectivity index is 1.34. The normalized spacial score (nSPS) is 26.0. The number of carboxylic acid groups (broad SMARTS) is 1. The van der Waals surface area contributed by atoms with Gasteiger partial charge in [0.25, 0.3) is 0 Å². The summed E-state index contributed by atoms with van der Waals surface area (Å²) in [5.41, 5.74) is 2.63. The predicted molar refractivity (Wildman–Crippen MR) is 194 cm³/mol. The van der Waals surface area contributed by atoms with Crippen LogP contribution in [0.5, 0.6) is 11.5 Å². The Kier molecular flexibility index (Phi) is 10.7. The molecular weight excluding hydrogens is 664 g/mol. The lowest BCUT2D eigenvalue weighted by atomic mass is 9.93. The van der Waals surface area contributed by atoms with Crippen molar-refractivity contribution < 1.29 is 38.5 Å². The van der Waals surface area contributed by atoms with Crippen LogP contribution in [-0.2, 0) is 19.1 Å². The Morgan fingerprint density at radius 3 is 2.48 bits per heavy atom. The Bertz CT molecular complexity index is 1840. The van der Waals surface area contributed by atoms with Gasteiger partial charge >= 0.3 is 12.1 Å². The molecule has 276 valence electrons. The first-order chi connectivity index (χ1) is 24.9. The minimum Gasteiger partial charge on any atom is -0.497 e. The Morgan fingerprint density at radius 1 is 1.00 bits per heavy atom. The third kappa shape index (κ3) is 8.32. The van der Waals surface area contributed by atoms with Crippen LogP contribution in [0, 0.1) is 17.8 Å². The molecule has 12 nitrogen and oxygen atoms in total. The fourth-order valence-corrected chi connectivity index (χ4v) is 7.24. The van der Waals surface area contributed by atoms with Crippen molar-refractivity contribution in [3.8, 4) is 22.8 Å². The molecule has 3 amide bonds. The molecule has 1 aromatic heterocycles. The number of rotatable bonds is 6. The van der Waals surface area contributed by atoms with Crippen LogP contribution in [0.3, 0.4) is 0 Å². The molecule has 3 aliphatic rings. The van der Waals surface area contributed by atoms with Crippen molar-refractivity contribution in [2.45, 2.75) is 89.4 Å².